The first-order valence-electron chi connectivity index (χ1n) is 6.08. The Kier molecular flexibility index (Phi) is 5.62. The molecule has 4 nitrogen and oxygen atoms in total. The zero-order valence-electron chi connectivity index (χ0n) is 10.9. The van der Waals surface area contributed by atoms with Gasteiger partial charge in [-0.15, -0.1) is 0 Å². The third-order valence-electron chi connectivity index (χ3n) is 2.59. The molecule has 0 aliphatic carbocycles. The minimum absolute atomic E-state index is 0.0285. The number of nitrogens with two attached hydrogens (primary N) is 1. The van der Waals surface area contributed by atoms with Gasteiger partial charge < -0.3 is 10.5 Å². The SMILES string of the molecule is CC(C)CCOCCS(=O)(=O)c1ccccc1N. The zero-order valence-corrected chi connectivity index (χ0v) is 11.7. The summed E-state index contributed by atoms with van der Waals surface area (Å²) in [5.74, 6) is 0.533. The molecule has 0 atom stereocenters. The number of ether oxygens (including phenoxy) is 1. The Morgan fingerprint density at radius 3 is 2.50 bits per heavy atom. The normalized spacial score (nSPS) is 11.9. The van der Waals surface area contributed by atoms with Gasteiger partial charge in [-0.05, 0) is 24.5 Å². The van der Waals surface area contributed by atoms with E-state index >= 15 is 0 Å². The Balaban J connectivity index is 2.49. The summed E-state index contributed by atoms with van der Waals surface area (Å²) >= 11 is 0. The second-order valence-electron chi connectivity index (χ2n) is 4.65. The first kappa shape index (κ1) is 15.0. The van der Waals surface area contributed by atoms with Crippen molar-refractivity contribution < 1.29 is 13.2 Å². The van der Waals surface area contributed by atoms with Crippen LogP contribution in [0, 0.1) is 5.92 Å². The second kappa shape index (κ2) is 6.75. The van der Waals surface area contributed by atoms with E-state index in [2.05, 4.69) is 13.8 Å². The molecule has 0 fully saturated rings. The molecule has 1 aromatic rings. The number of nitrogen functional groups attached to an aromatic ring is 1. The highest BCUT2D eigenvalue weighted by Gasteiger charge is 2.16. The Hall–Kier alpha value is -1.07. The molecule has 0 radical (unpaired) electrons. The van der Waals surface area contributed by atoms with Gasteiger partial charge in [-0.2, -0.15) is 0 Å². The highest BCUT2D eigenvalue weighted by molar-refractivity contribution is 7.91. The molecule has 1 aromatic carbocycles. The zero-order chi connectivity index (χ0) is 13.6. The van der Waals surface area contributed by atoms with Gasteiger partial charge in [0.15, 0.2) is 9.84 Å². The Morgan fingerprint density at radius 1 is 1.22 bits per heavy atom. The van der Waals surface area contributed by atoms with Crippen LogP contribution in [-0.2, 0) is 14.6 Å². The van der Waals surface area contributed by atoms with Crippen LogP contribution in [0.5, 0.6) is 0 Å². The van der Waals surface area contributed by atoms with Crippen LogP contribution in [0.2, 0.25) is 0 Å². The highest BCUT2D eigenvalue weighted by atomic mass is 32.2. The van der Waals surface area contributed by atoms with Gasteiger partial charge in [-0.25, -0.2) is 8.42 Å². The van der Waals surface area contributed by atoms with E-state index in [1.54, 1.807) is 18.2 Å². The third kappa shape index (κ3) is 4.66. The average molecular weight is 271 g/mol. The summed E-state index contributed by atoms with van der Waals surface area (Å²) in [7, 11) is -3.34. The summed E-state index contributed by atoms with van der Waals surface area (Å²) in [4.78, 5) is 0.192. The van der Waals surface area contributed by atoms with E-state index in [4.69, 9.17) is 10.5 Å². The molecule has 1 rings (SSSR count). The first-order valence-corrected chi connectivity index (χ1v) is 7.73. The van der Waals surface area contributed by atoms with Gasteiger partial charge in [0.25, 0.3) is 0 Å². The van der Waals surface area contributed by atoms with Gasteiger partial charge in [0.1, 0.15) is 0 Å². The summed E-state index contributed by atoms with van der Waals surface area (Å²) < 4.78 is 29.3. The summed E-state index contributed by atoms with van der Waals surface area (Å²) in [5.41, 5.74) is 5.95. The van der Waals surface area contributed by atoms with E-state index in [0.717, 1.165) is 6.42 Å². The maximum absolute atomic E-state index is 12.0. The van der Waals surface area contributed by atoms with Gasteiger partial charge in [0.05, 0.1) is 22.9 Å². The Bertz CT molecular complexity index is 469. The second-order valence-corrected chi connectivity index (χ2v) is 6.73. The summed E-state index contributed by atoms with van der Waals surface area (Å²) in [6.45, 7) is 5.01. The number of anilines is 1. The number of hydrogen-bond donors (Lipinski definition) is 1. The molecule has 5 heteroatoms. The summed E-state index contributed by atoms with van der Waals surface area (Å²) in [6, 6.07) is 6.50. The van der Waals surface area contributed by atoms with E-state index in [0.29, 0.717) is 18.2 Å². The van der Waals surface area contributed by atoms with Crippen molar-refractivity contribution in [3.8, 4) is 0 Å². The molecule has 0 aliphatic rings. The van der Waals surface area contributed by atoms with E-state index in [9.17, 15) is 8.42 Å². The molecule has 102 valence electrons. The van der Waals surface area contributed by atoms with Crippen LogP contribution >= 0.6 is 0 Å². The molecule has 0 heterocycles. The lowest BCUT2D eigenvalue weighted by Gasteiger charge is -2.08. The fraction of sp³-hybridized carbons (Fsp3) is 0.538. The molecular weight excluding hydrogens is 250 g/mol. The molecule has 0 saturated carbocycles. The topological polar surface area (TPSA) is 69.4 Å². The van der Waals surface area contributed by atoms with Crippen LogP contribution in [0.3, 0.4) is 0 Å². The molecular formula is C13H21NO3S. The predicted molar refractivity (Wildman–Crippen MR) is 73.2 cm³/mol. The smallest absolute Gasteiger partial charge is 0.182 e. The maximum Gasteiger partial charge on any atom is 0.182 e. The number of para-hydroxylation sites is 1. The molecule has 0 bridgehead atoms. The van der Waals surface area contributed by atoms with Crippen LogP contribution in [0.25, 0.3) is 0 Å². The number of benzene rings is 1. The van der Waals surface area contributed by atoms with Crippen molar-refractivity contribution in [3.63, 3.8) is 0 Å². The molecule has 2 N–H and O–H groups in total. The van der Waals surface area contributed by atoms with E-state index < -0.39 is 9.84 Å². The predicted octanol–water partition coefficient (Wildman–Crippen LogP) is 2.11. The Labute approximate surface area is 109 Å². The van der Waals surface area contributed by atoms with E-state index in [-0.39, 0.29) is 17.3 Å². The van der Waals surface area contributed by atoms with Gasteiger partial charge in [0, 0.05) is 6.61 Å². The number of rotatable bonds is 7. The van der Waals surface area contributed by atoms with Crippen LogP contribution < -0.4 is 5.73 Å². The fourth-order valence-electron chi connectivity index (χ4n) is 1.46. The van der Waals surface area contributed by atoms with Crippen molar-refractivity contribution in [3.05, 3.63) is 24.3 Å². The number of sulfone groups is 1. The van der Waals surface area contributed by atoms with Gasteiger partial charge in [-0.3, -0.25) is 0 Å². The largest absolute Gasteiger partial charge is 0.398 e. The lowest BCUT2D eigenvalue weighted by molar-refractivity contribution is 0.137. The highest BCUT2D eigenvalue weighted by Crippen LogP contribution is 2.18. The maximum atomic E-state index is 12.0. The fourth-order valence-corrected chi connectivity index (χ4v) is 2.73. The molecule has 0 saturated heterocycles. The lowest BCUT2D eigenvalue weighted by atomic mass is 10.1. The molecule has 0 aromatic heterocycles. The molecule has 0 spiro atoms. The van der Waals surface area contributed by atoms with Gasteiger partial charge >= 0.3 is 0 Å². The van der Waals surface area contributed by atoms with Gasteiger partial charge in [0.2, 0.25) is 0 Å². The van der Waals surface area contributed by atoms with Crippen molar-refractivity contribution in [2.24, 2.45) is 5.92 Å². The Morgan fingerprint density at radius 2 is 1.89 bits per heavy atom. The first-order chi connectivity index (χ1) is 8.43. The lowest BCUT2D eigenvalue weighted by Crippen LogP contribution is -2.14. The van der Waals surface area contributed by atoms with Crippen molar-refractivity contribution >= 4 is 15.5 Å². The van der Waals surface area contributed by atoms with Crippen LogP contribution in [-0.4, -0.2) is 27.4 Å². The van der Waals surface area contributed by atoms with Crippen molar-refractivity contribution in [1.82, 2.24) is 0 Å². The molecule has 18 heavy (non-hydrogen) atoms. The summed E-state index contributed by atoms with van der Waals surface area (Å²) in [6.07, 6.45) is 0.938. The monoisotopic (exact) mass is 271 g/mol. The van der Waals surface area contributed by atoms with Gasteiger partial charge in [-0.1, -0.05) is 26.0 Å². The quantitative estimate of drug-likeness (QED) is 0.609. The minimum atomic E-state index is -3.34. The number of hydrogen-bond acceptors (Lipinski definition) is 4. The van der Waals surface area contributed by atoms with Crippen molar-refractivity contribution in [2.75, 3.05) is 24.7 Å². The van der Waals surface area contributed by atoms with Crippen molar-refractivity contribution in [1.29, 1.82) is 0 Å². The van der Waals surface area contributed by atoms with Crippen molar-refractivity contribution in [2.45, 2.75) is 25.2 Å². The molecule has 0 aliphatic heterocycles. The minimum Gasteiger partial charge on any atom is -0.398 e. The molecule has 0 unspecified atom stereocenters. The average Bonchev–Trinajstić information content (AvgIpc) is 2.28. The standard InChI is InChI=1S/C13H21NO3S/c1-11(2)7-8-17-9-10-18(15,16)13-6-4-3-5-12(13)14/h3-6,11H,7-10,14H2,1-2H3. The third-order valence-corrected chi connectivity index (χ3v) is 4.34. The van der Waals surface area contributed by atoms with Crippen LogP contribution in [0.4, 0.5) is 5.69 Å². The summed E-state index contributed by atoms with van der Waals surface area (Å²) in [5, 5.41) is 0. The van der Waals surface area contributed by atoms with E-state index in [1.807, 2.05) is 0 Å². The molecule has 0 amide bonds. The van der Waals surface area contributed by atoms with Crippen LogP contribution in [0.15, 0.2) is 29.2 Å². The van der Waals surface area contributed by atoms with E-state index in [1.165, 1.54) is 6.07 Å². The van der Waals surface area contributed by atoms with Crippen LogP contribution in [0.1, 0.15) is 20.3 Å².